The number of carbonyl (C=O) groups excluding carboxylic acids is 1. The molecular weight excluding hydrogens is 369 g/mol. The van der Waals surface area contributed by atoms with Crippen LogP contribution in [0.4, 0.5) is 18.9 Å². The molecule has 26 heavy (non-hydrogen) atoms. The molecule has 0 bridgehead atoms. The first-order valence-corrected chi connectivity index (χ1v) is 7.63. The summed E-state index contributed by atoms with van der Waals surface area (Å²) < 4.78 is 37.5. The number of halogens is 4. The van der Waals surface area contributed by atoms with Crippen LogP contribution in [0, 0.1) is 0 Å². The van der Waals surface area contributed by atoms with Crippen LogP contribution in [-0.4, -0.2) is 20.9 Å². The number of anilines is 1. The summed E-state index contributed by atoms with van der Waals surface area (Å²) in [4.78, 5) is 23.5. The molecule has 0 saturated heterocycles. The number of nitrogens with one attached hydrogen (secondary N) is 1. The minimum absolute atomic E-state index is 0.0508. The van der Waals surface area contributed by atoms with E-state index in [1.165, 1.54) is 12.4 Å². The van der Waals surface area contributed by atoms with Crippen LogP contribution >= 0.6 is 11.6 Å². The molecule has 2 heterocycles. The minimum atomic E-state index is -4.54. The van der Waals surface area contributed by atoms with Gasteiger partial charge >= 0.3 is 6.18 Å². The van der Waals surface area contributed by atoms with Crippen LogP contribution in [0.15, 0.2) is 55.0 Å². The molecule has 3 rings (SSSR count). The zero-order chi connectivity index (χ0) is 18.7. The number of hydrogen-bond donors (Lipinski definition) is 1. The summed E-state index contributed by atoms with van der Waals surface area (Å²) in [6.45, 7) is 0. The summed E-state index contributed by atoms with van der Waals surface area (Å²) in [6.07, 6.45) is -2.39. The van der Waals surface area contributed by atoms with Crippen molar-refractivity contribution in [1.29, 1.82) is 0 Å². The predicted molar refractivity (Wildman–Crippen MR) is 89.7 cm³/mol. The van der Waals surface area contributed by atoms with Crippen LogP contribution in [0.5, 0.6) is 0 Å². The lowest BCUT2D eigenvalue weighted by Gasteiger charge is -2.08. The van der Waals surface area contributed by atoms with Gasteiger partial charge in [0, 0.05) is 10.6 Å². The van der Waals surface area contributed by atoms with Gasteiger partial charge in [0.1, 0.15) is 17.7 Å². The molecule has 0 atom stereocenters. The third kappa shape index (κ3) is 4.15. The van der Waals surface area contributed by atoms with Gasteiger partial charge < -0.3 is 5.32 Å². The summed E-state index contributed by atoms with van der Waals surface area (Å²) in [5.41, 5.74) is 0.310. The zero-order valence-electron chi connectivity index (χ0n) is 13.0. The minimum Gasteiger partial charge on any atom is -0.319 e. The Morgan fingerprint density at radius 3 is 2.50 bits per heavy atom. The maximum atomic E-state index is 12.5. The third-order valence-electron chi connectivity index (χ3n) is 3.33. The Kier molecular flexibility index (Phi) is 4.85. The fourth-order valence-corrected chi connectivity index (χ4v) is 2.31. The van der Waals surface area contributed by atoms with Crippen LogP contribution in [0.2, 0.25) is 5.02 Å². The molecule has 0 unspecified atom stereocenters. The molecule has 0 spiro atoms. The third-order valence-corrected chi connectivity index (χ3v) is 3.57. The van der Waals surface area contributed by atoms with Crippen molar-refractivity contribution in [2.45, 2.75) is 6.18 Å². The molecule has 9 heteroatoms. The number of amides is 1. The average Bonchev–Trinajstić information content (AvgIpc) is 2.61. The molecule has 1 N–H and O–H groups in total. The van der Waals surface area contributed by atoms with E-state index in [0.29, 0.717) is 16.3 Å². The lowest BCUT2D eigenvalue weighted by molar-refractivity contribution is -0.141. The molecule has 0 fully saturated rings. The van der Waals surface area contributed by atoms with Crippen molar-refractivity contribution in [2.24, 2.45) is 0 Å². The van der Waals surface area contributed by atoms with Gasteiger partial charge in [0.05, 0.1) is 17.6 Å². The SMILES string of the molecule is O=C(Nc1ccc(C(F)(F)F)nc1)c1cc(-c2cccc(Cl)c2)ncn1. The lowest BCUT2D eigenvalue weighted by Crippen LogP contribution is -2.15. The Bertz CT molecular complexity index is 945. The van der Waals surface area contributed by atoms with E-state index < -0.39 is 17.8 Å². The molecule has 0 aliphatic rings. The van der Waals surface area contributed by atoms with E-state index in [4.69, 9.17) is 11.6 Å². The van der Waals surface area contributed by atoms with Crippen LogP contribution in [0.1, 0.15) is 16.2 Å². The van der Waals surface area contributed by atoms with Crippen molar-refractivity contribution in [1.82, 2.24) is 15.0 Å². The summed E-state index contributed by atoms with van der Waals surface area (Å²) in [6, 6.07) is 10.3. The number of pyridine rings is 1. The fraction of sp³-hybridized carbons (Fsp3) is 0.0588. The van der Waals surface area contributed by atoms with Crippen molar-refractivity contribution in [3.05, 3.63) is 71.4 Å². The van der Waals surface area contributed by atoms with E-state index >= 15 is 0 Å². The van der Waals surface area contributed by atoms with E-state index in [9.17, 15) is 18.0 Å². The van der Waals surface area contributed by atoms with E-state index in [1.54, 1.807) is 24.3 Å². The summed E-state index contributed by atoms with van der Waals surface area (Å²) >= 11 is 5.94. The highest BCUT2D eigenvalue weighted by Crippen LogP contribution is 2.28. The topological polar surface area (TPSA) is 67.8 Å². The van der Waals surface area contributed by atoms with Gasteiger partial charge in [-0.3, -0.25) is 4.79 Å². The molecule has 132 valence electrons. The van der Waals surface area contributed by atoms with Crippen LogP contribution in [0.3, 0.4) is 0 Å². The number of benzene rings is 1. The number of alkyl halides is 3. The van der Waals surface area contributed by atoms with Gasteiger partial charge in [-0.15, -0.1) is 0 Å². The maximum Gasteiger partial charge on any atom is 0.433 e. The van der Waals surface area contributed by atoms with Crippen molar-refractivity contribution in [3.63, 3.8) is 0 Å². The van der Waals surface area contributed by atoms with Gasteiger partial charge in [0.2, 0.25) is 0 Å². The molecule has 0 radical (unpaired) electrons. The summed E-state index contributed by atoms with van der Waals surface area (Å²) in [5.74, 6) is -0.600. The summed E-state index contributed by atoms with van der Waals surface area (Å²) in [7, 11) is 0. The first-order valence-electron chi connectivity index (χ1n) is 7.25. The molecular formula is C17H10ClF3N4O. The highest BCUT2D eigenvalue weighted by Gasteiger charge is 2.32. The van der Waals surface area contributed by atoms with E-state index in [0.717, 1.165) is 18.3 Å². The van der Waals surface area contributed by atoms with Gasteiger partial charge in [-0.1, -0.05) is 23.7 Å². The molecule has 5 nitrogen and oxygen atoms in total. The fourth-order valence-electron chi connectivity index (χ4n) is 2.12. The Balaban J connectivity index is 1.79. The highest BCUT2D eigenvalue weighted by molar-refractivity contribution is 6.30. The molecule has 0 saturated carbocycles. The van der Waals surface area contributed by atoms with Crippen molar-refractivity contribution in [2.75, 3.05) is 5.32 Å². The van der Waals surface area contributed by atoms with Crippen LogP contribution < -0.4 is 5.32 Å². The number of carbonyl (C=O) groups is 1. The van der Waals surface area contributed by atoms with Crippen molar-refractivity contribution >= 4 is 23.2 Å². The number of aromatic nitrogens is 3. The molecule has 0 aliphatic carbocycles. The maximum absolute atomic E-state index is 12.5. The van der Waals surface area contributed by atoms with Gasteiger partial charge in [0.15, 0.2) is 0 Å². The lowest BCUT2D eigenvalue weighted by atomic mass is 10.1. The molecule has 1 amide bonds. The number of hydrogen-bond acceptors (Lipinski definition) is 4. The Morgan fingerprint density at radius 1 is 1.04 bits per heavy atom. The van der Waals surface area contributed by atoms with Gasteiger partial charge in [0.25, 0.3) is 5.91 Å². The predicted octanol–water partition coefficient (Wildman–Crippen LogP) is 4.46. The van der Waals surface area contributed by atoms with Gasteiger partial charge in [-0.05, 0) is 30.3 Å². The molecule has 2 aromatic heterocycles. The largest absolute Gasteiger partial charge is 0.433 e. The van der Waals surface area contributed by atoms with E-state index in [-0.39, 0.29) is 11.4 Å². The first-order chi connectivity index (χ1) is 12.3. The van der Waals surface area contributed by atoms with E-state index in [1.807, 2.05) is 0 Å². The molecule has 1 aromatic carbocycles. The number of rotatable bonds is 3. The van der Waals surface area contributed by atoms with Crippen LogP contribution in [-0.2, 0) is 6.18 Å². The van der Waals surface area contributed by atoms with Gasteiger partial charge in [-0.2, -0.15) is 13.2 Å². The first kappa shape index (κ1) is 17.8. The molecule has 3 aromatic rings. The standard InChI is InChI=1S/C17H10ClF3N4O/c18-11-3-1-2-10(6-11)13-7-14(24-9-23-13)16(26)25-12-4-5-15(22-8-12)17(19,20)21/h1-9H,(H,25,26). The molecule has 0 aliphatic heterocycles. The van der Waals surface area contributed by atoms with Gasteiger partial charge in [-0.25, -0.2) is 15.0 Å². The second-order valence-electron chi connectivity index (χ2n) is 5.18. The van der Waals surface area contributed by atoms with Crippen molar-refractivity contribution < 1.29 is 18.0 Å². The Hall–Kier alpha value is -3.00. The average molecular weight is 379 g/mol. The Morgan fingerprint density at radius 2 is 1.85 bits per heavy atom. The second-order valence-corrected chi connectivity index (χ2v) is 5.62. The van der Waals surface area contributed by atoms with Crippen LogP contribution in [0.25, 0.3) is 11.3 Å². The monoisotopic (exact) mass is 378 g/mol. The normalized spacial score (nSPS) is 11.2. The van der Waals surface area contributed by atoms with Crippen molar-refractivity contribution in [3.8, 4) is 11.3 Å². The van der Waals surface area contributed by atoms with E-state index in [2.05, 4.69) is 20.3 Å². The quantitative estimate of drug-likeness (QED) is 0.730. The summed E-state index contributed by atoms with van der Waals surface area (Å²) in [5, 5.41) is 2.96. The number of nitrogens with zero attached hydrogens (tertiary/aromatic N) is 3. The highest BCUT2D eigenvalue weighted by atomic mass is 35.5. The zero-order valence-corrected chi connectivity index (χ0v) is 13.7. The smallest absolute Gasteiger partial charge is 0.319 e. The Labute approximate surface area is 150 Å². The second kappa shape index (κ2) is 7.09.